The van der Waals surface area contributed by atoms with E-state index in [-0.39, 0.29) is 5.91 Å². The fourth-order valence-corrected chi connectivity index (χ4v) is 3.35. The highest BCUT2D eigenvalue weighted by atomic mass is 32.2. The van der Waals surface area contributed by atoms with Crippen LogP contribution in [0.2, 0.25) is 0 Å². The van der Waals surface area contributed by atoms with E-state index in [0.717, 1.165) is 15.3 Å². The van der Waals surface area contributed by atoms with Crippen molar-refractivity contribution in [3.05, 3.63) is 83.0 Å². The summed E-state index contributed by atoms with van der Waals surface area (Å²) in [5.41, 5.74) is 3.93. The molecule has 0 saturated heterocycles. The van der Waals surface area contributed by atoms with Crippen LogP contribution >= 0.6 is 11.8 Å². The molecule has 8 heteroatoms. The number of nitrogens with one attached hydrogen (secondary N) is 1. The summed E-state index contributed by atoms with van der Waals surface area (Å²) in [6, 6.07) is 16.6. The van der Waals surface area contributed by atoms with Crippen molar-refractivity contribution in [2.45, 2.75) is 4.90 Å². The first-order valence-corrected chi connectivity index (χ1v) is 9.36. The van der Waals surface area contributed by atoms with Crippen molar-refractivity contribution in [1.29, 1.82) is 0 Å². The zero-order chi connectivity index (χ0) is 18.8. The van der Waals surface area contributed by atoms with Gasteiger partial charge in [0.1, 0.15) is 11.7 Å². The van der Waals surface area contributed by atoms with Crippen molar-refractivity contribution in [1.82, 2.24) is 19.4 Å². The van der Waals surface area contributed by atoms with Crippen LogP contribution in [0.3, 0.4) is 0 Å². The molecule has 4 aromatic rings. The monoisotopic (exact) mass is 377 g/mol. The Kier molecular flexibility index (Phi) is 4.47. The molecular formula is C19H15N5O2S. The highest BCUT2D eigenvalue weighted by Gasteiger charge is 2.15. The van der Waals surface area contributed by atoms with E-state index in [1.165, 1.54) is 24.3 Å². The largest absolute Gasteiger partial charge is 0.283 e. The van der Waals surface area contributed by atoms with Crippen LogP contribution in [0.15, 0.2) is 76.8 Å². The fraction of sp³-hybridized carbons (Fsp3) is 0.0526. The molecule has 4 rings (SSSR count). The molecule has 0 aliphatic rings. The normalized spacial score (nSPS) is 10.9. The van der Waals surface area contributed by atoms with Gasteiger partial charge in [0.05, 0.1) is 17.4 Å². The maximum absolute atomic E-state index is 12.7. The lowest BCUT2D eigenvalue weighted by atomic mass is 10.2. The number of rotatable bonds is 4. The molecule has 1 N–H and O–H groups in total. The van der Waals surface area contributed by atoms with E-state index < -0.39 is 5.56 Å². The third-order valence-electron chi connectivity index (χ3n) is 4.06. The number of fused-ring (bicyclic) bond motifs is 1. The lowest BCUT2D eigenvalue weighted by Gasteiger charge is -2.10. The van der Waals surface area contributed by atoms with Crippen molar-refractivity contribution in [2.75, 3.05) is 11.7 Å². The minimum atomic E-state index is -0.392. The summed E-state index contributed by atoms with van der Waals surface area (Å²) in [6.07, 6.45) is 4.64. The van der Waals surface area contributed by atoms with Crippen molar-refractivity contribution < 1.29 is 4.79 Å². The summed E-state index contributed by atoms with van der Waals surface area (Å²) in [4.78, 5) is 30.5. The molecule has 0 unspecified atom stereocenters. The fourth-order valence-electron chi connectivity index (χ4n) is 2.75. The van der Waals surface area contributed by atoms with Gasteiger partial charge in [-0.25, -0.2) is 14.3 Å². The maximum atomic E-state index is 12.7. The molecule has 1 amide bonds. The number of hydrogen-bond donors (Lipinski definition) is 1. The summed E-state index contributed by atoms with van der Waals surface area (Å²) < 4.78 is 2.67. The average molecular weight is 377 g/mol. The van der Waals surface area contributed by atoms with Crippen LogP contribution in [0.1, 0.15) is 10.4 Å². The molecule has 7 nitrogen and oxygen atoms in total. The Labute approximate surface area is 158 Å². The zero-order valence-electron chi connectivity index (χ0n) is 14.4. The highest BCUT2D eigenvalue weighted by molar-refractivity contribution is 7.98. The summed E-state index contributed by atoms with van der Waals surface area (Å²) in [5.74, 6) is -0.376. The molecule has 0 spiro atoms. The van der Waals surface area contributed by atoms with Crippen molar-refractivity contribution in [3.63, 3.8) is 0 Å². The molecule has 0 radical (unpaired) electrons. The first kappa shape index (κ1) is 17.0. The molecule has 2 heterocycles. The van der Waals surface area contributed by atoms with E-state index in [0.29, 0.717) is 16.6 Å². The van der Waals surface area contributed by atoms with E-state index in [1.54, 1.807) is 16.8 Å². The molecule has 0 fully saturated rings. The number of para-hydroxylation sites is 1. The number of aromatic nitrogens is 4. The number of carbonyl (C=O) groups excluding carboxylic acids is 1. The molecule has 134 valence electrons. The van der Waals surface area contributed by atoms with Crippen LogP contribution < -0.4 is 11.0 Å². The van der Waals surface area contributed by atoms with Gasteiger partial charge in [0.2, 0.25) is 0 Å². The lowest BCUT2D eigenvalue weighted by molar-refractivity contribution is 0.100. The van der Waals surface area contributed by atoms with Gasteiger partial charge in [-0.2, -0.15) is 5.10 Å². The highest BCUT2D eigenvalue weighted by Crippen LogP contribution is 2.19. The van der Waals surface area contributed by atoms with Gasteiger partial charge in [0.15, 0.2) is 5.65 Å². The van der Waals surface area contributed by atoms with Gasteiger partial charge in [-0.05, 0) is 30.5 Å². The van der Waals surface area contributed by atoms with Gasteiger partial charge in [-0.3, -0.25) is 15.0 Å². The average Bonchev–Trinajstić information content (AvgIpc) is 3.15. The predicted octanol–water partition coefficient (Wildman–Crippen LogP) is 2.69. The predicted molar refractivity (Wildman–Crippen MR) is 105 cm³/mol. The van der Waals surface area contributed by atoms with Gasteiger partial charge in [0, 0.05) is 4.90 Å². The Morgan fingerprint density at radius 1 is 1.07 bits per heavy atom. The van der Waals surface area contributed by atoms with Crippen LogP contribution in [0.25, 0.3) is 16.7 Å². The zero-order valence-corrected chi connectivity index (χ0v) is 15.2. The van der Waals surface area contributed by atoms with Crippen LogP contribution in [0.4, 0.5) is 0 Å². The van der Waals surface area contributed by atoms with Crippen LogP contribution in [0.5, 0.6) is 0 Å². The molecule has 0 aliphatic heterocycles. The number of hydrogen-bond acceptors (Lipinski definition) is 5. The third-order valence-corrected chi connectivity index (χ3v) is 4.86. The minimum absolute atomic E-state index is 0.319. The Morgan fingerprint density at radius 2 is 1.81 bits per heavy atom. The van der Waals surface area contributed by atoms with E-state index in [9.17, 15) is 9.59 Å². The molecule has 27 heavy (non-hydrogen) atoms. The Morgan fingerprint density at radius 3 is 2.59 bits per heavy atom. The summed E-state index contributed by atoms with van der Waals surface area (Å²) >= 11 is 1.46. The molecule has 0 atom stereocenters. The number of carbonyl (C=O) groups is 1. The molecule has 0 saturated carbocycles. The number of thioether (sulfide) groups is 1. The molecule has 2 aromatic heterocycles. The Balaban J connectivity index is 1.71. The van der Waals surface area contributed by atoms with Gasteiger partial charge in [0.25, 0.3) is 11.5 Å². The number of amides is 1. The maximum Gasteiger partial charge on any atom is 0.283 e. The summed E-state index contributed by atoms with van der Waals surface area (Å²) in [5, 5.41) is 4.58. The van der Waals surface area contributed by atoms with Crippen LogP contribution in [-0.4, -0.2) is 31.6 Å². The first-order valence-electron chi connectivity index (χ1n) is 8.14. The van der Waals surface area contributed by atoms with E-state index in [4.69, 9.17) is 0 Å². The smallest absolute Gasteiger partial charge is 0.267 e. The van der Waals surface area contributed by atoms with Crippen molar-refractivity contribution in [2.24, 2.45) is 0 Å². The SMILES string of the molecule is CSc1ccccc1C(=O)Nn1cnc2c(cnn2-c2ccccc2)c1=O. The first-order chi connectivity index (χ1) is 13.2. The molecule has 0 aliphatic carbocycles. The van der Waals surface area contributed by atoms with Gasteiger partial charge >= 0.3 is 0 Å². The van der Waals surface area contributed by atoms with Crippen LogP contribution in [0, 0.1) is 0 Å². The molecule has 2 aromatic carbocycles. The third kappa shape index (κ3) is 3.11. The Bertz CT molecular complexity index is 1180. The number of nitrogens with zero attached hydrogens (tertiary/aromatic N) is 4. The van der Waals surface area contributed by atoms with Gasteiger partial charge < -0.3 is 0 Å². The molecular weight excluding hydrogens is 362 g/mol. The van der Waals surface area contributed by atoms with Gasteiger partial charge in [-0.1, -0.05) is 30.3 Å². The standard InChI is InChI=1S/C19H15N5O2S/c1-27-16-10-6-5-9-14(16)18(25)22-23-12-20-17-15(19(23)26)11-21-24(17)13-7-3-2-4-8-13/h2-12H,1H3,(H,22,25). The summed E-state index contributed by atoms with van der Waals surface area (Å²) in [7, 11) is 0. The topological polar surface area (TPSA) is 81.8 Å². The van der Waals surface area contributed by atoms with Crippen molar-refractivity contribution >= 4 is 28.7 Å². The van der Waals surface area contributed by atoms with Gasteiger partial charge in [-0.15, -0.1) is 11.8 Å². The number of benzene rings is 2. The second kappa shape index (κ2) is 7.08. The Hall–Kier alpha value is -3.39. The van der Waals surface area contributed by atoms with Crippen LogP contribution in [-0.2, 0) is 0 Å². The van der Waals surface area contributed by atoms with Crippen molar-refractivity contribution in [3.8, 4) is 5.69 Å². The second-order valence-corrected chi connectivity index (χ2v) is 6.54. The van der Waals surface area contributed by atoms with E-state index in [1.807, 2.05) is 48.7 Å². The van der Waals surface area contributed by atoms with E-state index in [2.05, 4.69) is 15.5 Å². The van der Waals surface area contributed by atoms with E-state index >= 15 is 0 Å². The minimum Gasteiger partial charge on any atom is -0.267 e. The lowest BCUT2D eigenvalue weighted by Crippen LogP contribution is -2.33. The second-order valence-electron chi connectivity index (χ2n) is 5.69. The molecule has 0 bridgehead atoms. The quantitative estimate of drug-likeness (QED) is 0.553. The summed E-state index contributed by atoms with van der Waals surface area (Å²) in [6.45, 7) is 0.